The molecule has 0 aromatic carbocycles. The maximum absolute atomic E-state index is 12.2. The molecule has 1 aromatic rings. The zero-order valence-electron chi connectivity index (χ0n) is 11.9. The Hall–Kier alpha value is -1.56. The lowest BCUT2D eigenvalue weighted by molar-refractivity contribution is -0.111. The molecule has 1 aliphatic rings. The predicted octanol–water partition coefficient (Wildman–Crippen LogP) is 0.958. The second kappa shape index (κ2) is 4.52. The highest BCUT2D eigenvalue weighted by molar-refractivity contribution is 5.98. The highest BCUT2D eigenvalue weighted by Gasteiger charge is 2.46. The molecule has 0 saturated carbocycles. The molecule has 0 atom stereocenters. The lowest BCUT2D eigenvalue weighted by atomic mass is 9.83. The minimum atomic E-state index is -0.776. The summed E-state index contributed by atoms with van der Waals surface area (Å²) in [4.78, 5) is 13.8. The monoisotopic (exact) mass is 266 g/mol. The highest BCUT2D eigenvalue weighted by atomic mass is 16.3. The molecular weight excluding hydrogens is 244 g/mol. The molecule has 2 heterocycles. The van der Waals surface area contributed by atoms with Crippen LogP contribution in [0.15, 0.2) is 0 Å². The fraction of sp³-hybridized carbons (Fsp3) is 0.692. The largest absolute Gasteiger partial charge is 0.395 e. The van der Waals surface area contributed by atoms with E-state index in [1.807, 2.05) is 27.7 Å². The number of nitrogens with two attached hydrogens (primary N) is 1. The van der Waals surface area contributed by atoms with Crippen molar-refractivity contribution >= 4 is 11.6 Å². The second-order valence-electron chi connectivity index (χ2n) is 5.97. The first kappa shape index (κ1) is 13.9. The molecule has 0 radical (unpaired) electrons. The molecule has 1 saturated heterocycles. The van der Waals surface area contributed by atoms with Gasteiger partial charge in [0, 0.05) is 0 Å². The summed E-state index contributed by atoms with van der Waals surface area (Å²) < 4.78 is 0. The quantitative estimate of drug-likeness (QED) is 0.759. The summed E-state index contributed by atoms with van der Waals surface area (Å²) in [5.74, 6) is 0.100. The van der Waals surface area contributed by atoms with Crippen LogP contribution in [0.25, 0.3) is 0 Å². The summed E-state index contributed by atoms with van der Waals surface area (Å²) in [7, 11) is 0. The van der Waals surface area contributed by atoms with E-state index in [2.05, 4.69) is 10.2 Å². The van der Waals surface area contributed by atoms with Crippen LogP contribution in [0.1, 0.15) is 49.8 Å². The number of aromatic amines is 1. The van der Waals surface area contributed by atoms with Gasteiger partial charge < -0.3 is 15.7 Å². The van der Waals surface area contributed by atoms with Gasteiger partial charge in [-0.15, -0.1) is 0 Å². The van der Waals surface area contributed by atoms with Crippen LogP contribution in [0, 0.1) is 5.92 Å². The topological polar surface area (TPSA) is 95.2 Å². The predicted molar refractivity (Wildman–Crippen MR) is 72.8 cm³/mol. The number of nitrogen functional groups attached to an aromatic ring is 1. The van der Waals surface area contributed by atoms with E-state index >= 15 is 0 Å². The number of hydrogen-bond donors (Lipinski definition) is 3. The smallest absolute Gasteiger partial charge is 0.276 e. The summed E-state index contributed by atoms with van der Waals surface area (Å²) in [5, 5.41) is 17.0. The average molecular weight is 266 g/mol. The van der Waals surface area contributed by atoms with Crippen molar-refractivity contribution in [1.29, 1.82) is 0 Å². The molecule has 1 fully saturated rings. The molecule has 0 unspecified atom stereocenters. The van der Waals surface area contributed by atoms with Gasteiger partial charge in [0.15, 0.2) is 5.69 Å². The molecule has 1 aliphatic heterocycles. The van der Waals surface area contributed by atoms with Crippen molar-refractivity contribution in [2.45, 2.75) is 39.2 Å². The number of nitrogens with zero attached hydrogens (tertiary/aromatic N) is 2. The van der Waals surface area contributed by atoms with Gasteiger partial charge in [-0.3, -0.25) is 9.89 Å². The second-order valence-corrected chi connectivity index (χ2v) is 5.97. The number of aromatic nitrogens is 2. The Bertz CT molecular complexity index is 487. The van der Waals surface area contributed by atoms with Gasteiger partial charge in [0.1, 0.15) is 5.60 Å². The summed E-state index contributed by atoms with van der Waals surface area (Å²) in [6.07, 6.45) is 0. The molecule has 4 N–H and O–H groups in total. The molecule has 0 bridgehead atoms. The number of likely N-dealkylation sites (tertiary alicyclic amines) is 1. The fourth-order valence-corrected chi connectivity index (χ4v) is 2.24. The van der Waals surface area contributed by atoms with E-state index in [0.29, 0.717) is 18.8 Å². The van der Waals surface area contributed by atoms with Crippen LogP contribution in [0.5, 0.6) is 0 Å². The lowest BCUT2D eigenvalue weighted by Crippen LogP contribution is -2.66. The number of β-amino-alcohol motifs (C(OH)–C–C–N with tert-alkyl or cyclic N) is 1. The van der Waals surface area contributed by atoms with Crippen molar-refractivity contribution in [3.63, 3.8) is 0 Å². The Kier molecular flexibility index (Phi) is 3.30. The molecule has 2 rings (SSSR count). The summed E-state index contributed by atoms with van der Waals surface area (Å²) in [6.45, 7) is 8.54. The molecule has 0 spiro atoms. The molecule has 106 valence electrons. The number of anilines is 1. The van der Waals surface area contributed by atoms with Gasteiger partial charge in [0.05, 0.1) is 24.5 Å². The number of hydrogen-bond acceptors (Lipinski definition) is 4. The van der Waals surface area contributed by atoms with Crippen molar-refractivity contribution in [3.05, 3.63) is 11.4 Å². The number of amides is 1. The number of aliphatic hydroxyl groups is 1. The fourth-order valence-electron chi connectivity index (χ4n) is 2.24. The SMILES string of the molecule is CC(C)c1[nH]nc(C(=O)N2CC(O)(C(C)C)C2)c1N. The van der Waals surface area contributed by atoms with Gasteiger partial charge >= 0.3 is 0 Å². The van der Waals surface area contributed by atoms with Crippen LogP contribution in [0.2, 0.25) is 0 Å². The van der Waals surface area contributed by atoms with E-state index in [1.54, 1.807) is 4.90 Å². The van der Waals surface area contributed by atoms with Crippen molar-refractivity contribution in [3.8, 4) is 0 Å². The molecule has 6 nitrogen and oxygen atoms in total. The maximum Gasteiger partial charge on any atom is 0.276 e. The number of nitrogens with one attached hydrogen (secondary N) is 1. The van der Waals surface area contributed by atoms with Crippen molar-refractivity contribution in [1.82, 2.24) is 15.1 Å². The third-order valence-electron chi connectivity index (χ3n) is 3.90. The van der Waals surface area contributed by atoms with E-state index in [1.165, 1.54) is 0 Å². The van der Waals surface area contributed by atoms with E-state index in [-0.39, 0.29) is 23.4 Å². The maximum atomic E-state index is 12.2. The Balaban J connectivity index is 2.11. The minimum absolute atomic E-state index is 0.124. The van der Waals surface area contributed by atoms with Gasteiger partial charge in [-0.2, -0.15) is 5.10 Å². The zero-order valence-corrected chi connectivity index (χ0v) is 11.9. The molecule has 6 heteroatoms. The summed E-state index contributed by atoms with van der Waals surface area (Å²) in [6, 6.07) is 0. The standard InChI is InChI=1S/C13H22N4O2/c1-7(2)10-9(14)11(16-15-10)12(18)17-5-13(19,6-17)8(3)4/h7-8,19H,5-6,14H2,1-4H3,(H,15,16). The first-order valence-electron chi connectivity index (χ1n) is 6.61. The van der Waals surface area contributed by atoms with Gasteiger partial charge in [-0.25, -0.2) is 0 Å². The van der Waals surface area contributed by atoms with Gasteiger partial charge in [0.25, 0.3) is 5.91 Å². The Morgan fingerprint density at radius 1 is 1.42 bits per heavy atom. The molecule has 0 aliphatic carbocycles. The van der Waals surface area contributed by atoms with Crippen LogP contribution >= 0.6 is 0 Å². The molecule has 1 amide bonds. The van der Waals surface area contributed by atoms with E-state index in [0.717, 1.165) is 5.69 Å². The average Bonchev–Trinajstić information content (AvgIpc) is 2.65. The number of rotatable bonds is 3. The number of carbonyl (C=O) groups is 1. The van der Waals surface area contributed by atoms with Gasteiger partial charge in [-0.1, -0.05) is 27.7 Å². The summed E-state index contributed by atoms with van der Waals surface area (Å²) >= 11 is 0. The third-order valence-corrected chi connectivity index (χ3v) is 3.90. The van der Waals surface area contributed by atoms with E-state index in [9.17, 15) is 9.90 Å². The van der Waals surface area contributed by atoms with E-state index in [4.69, 9.17) is 5.73 Å². The normalized spacial score (nSPS) is 17.9. The molecule has 1 aromatic heterocycles. The third kappa shape index (κ3) is 2.20. The van der Waals surface area contributed by atoms with Crippen LogP contribution in [0.4, 0.5) is 5.69 Å². The Labute approximate surface area is 113 Å². The number of H-pyrrole nitrogens is 1. The van der Waals surface area contributed by atoms with Crippen molar-refractivity contribution in [2.24, 2.45) is 5.92 Å². The van der Waals surface area contributed by atoms with Crippen LogP contribution in [-0.2, 0) is 0 Å². The lowest BCUT2D eigenvalue weighted by Gasteiger charge is -2.48. The first-order valence-corrected chi connectivity index (χ1v) is 6.61. The van der Waals surface area contributed by atoms with Gasteiger partial charge in [-0.05, 0) is 11.8 Å². The minimum Gasteiger partial charge on any atom is -0.395 e. The van der Waals surface area contributed by atoms with Crippen molar-refractivity contribution in [2.75, 3.05) is 18.8 Å². The zero-order chi connectivity index (χ0) is 14.4. The molecule has 19 heavy (non-hydrogen) atoms. The molecular formula is C13H22N4O2. The summed E-state index contributed by atoms with van der Waals surface area (Å²) in [5.41, 5.74) is 6.63. The highest BCUT2D eigenvalue weighted by Crippen LogP contribution is 2.31. The number of carbonyl (C=O) groups excluding carboxylic acids is 1. The Morgan fingerprint density at radius 3 is 2.42 bits per heavy atom. The van der Waals surface area contributed by atoms with Crippen LogP contribution in [0.3, 0.4) is 0 Å². The van der Waals surface area contributed by atoms with E-state index < -0.39 is 5.60 Å². The first-order chi connectivity index (χ1) is 8.76. The Morgan fingerprint density at radius 2 is 2.00 bits per heavy atom. The van der Waals surface area contributed by atoms with Crippen LogP contribution < -0.4 is 5.73 Å². The van der Waals surface area contributed by atoms with Crippen molar-refractivity contribution < 1.29 is 9.90 Å². The van der Waals surface area contributed by atoms with Crippen LogP contribution in [-0.4, -0.2) is 44.8 Å². The van der Waals surface area contributed by atoms with Gasteiger partial charge in [0.2, 0.25) is 0 Å².